The highest BCUT2D eigenvalue weighted by Gasteiger charge is 2.32. The molecule has 0 unspecified atom stereocenters. The van der Waals surface area contributed by atoms with Crippen LogP contribution in [0.4, 0.5) is 0 Å². The van der Waals surface area contributed by atoms with Crippen molar-refractivity contribution >= 4 is 39.1 Å². The van der Waals surface area contributed by atoms with E-state index in [1.807, 2.05) is 6.92 Å². The molecule has 1 saturated heterocycles. The average molecular weight is 509 g/mol. The first kappa shape index (κ1) is 24.5. The maximum Gasteiger partial charge on any atom is 0.223 e. The summed E-state index contributed by atoms with van der Waals surface area (Å²) >= 11 is 12.1. The zero-order chi connectivity index (χ0) is 23.6. The Morgan fingerprint density at radius 3 is 2.45 bits per heavy atom. The number of hydrogen-bond acceptors (Lipinski definition) is 3. The number of benzene rings is 2. The quantitative estimate of drug-likeness (QED) is 0.576. The molecule has 0 radical (unpaired) electrons. The third kappa shape index (κ3) is 5.91. The SMILES string of the molecule is C[C@H](NC(=O)C1CCN(S(=O)(=O)Cc2ccc(Cl)cc2Cl)CC1)c1ccc2c(c1)CCCC2. The lowest BCUT2D eigenvalue weighted by Gasteiger charge is -2.31. The van der Waals surface area contributed by atoms with E-state index in [0.717, 1.165) is 18.4 Å². The second-order valence-corrected chi connectivity index (χ2v) is 11.9. The third-order valence-electron chi connectivity index (χ3n) is 6.80. The molecule has 33 heavy (non-hydrogen) atoms. The van der Waals surface area contributed by atoms with Gasteiger partial charge in [0.25, 0.3) is 0 Å². The number of rotatable bonds is 6. The Balaban J connectivity index is 1.32. The van der Waals surface area contributed by atoms with E-state index in [4.69, 9.17) is 23.2 Å². The van der Waals surface area contributed by atoms with Gasteiger partial charge in [-0.1, -0.05) is 47.5 Å². The third-order valence-corrected chi connectivity index (χ3v) is 9.22. The van der Waals surface area contributed by atoms with E-state index in [2.05, 4.69) is 23.5 Å². The zero-order valence-corrected chi connectivity index (χ0v) is 21.1. The second-order valence-electron chi connectivity index (χ2n) is 9.13. The van der Waals surface area contributed by atoms with Crippen LogP contribution in [0.1, 0.15) is 60.9 Å². The van der Waals surface area contributed by atoms with Gasteiger partial charge in [-0.2, -0.15) is 0 Å². The number of piperidine rings is 1. The van der Waals surface area contributed by atoms with Crippen LogP contribution in [-0.2, 0) is 33.4 Å². The van der Waals surface area contributed by atoms with Gasteiger partial charge in [-0.05, 0) is 79.8 Å². The molecule has 0 bridgehead atoms. The molecule has 1 fully saturated rings. The average Bonchev–Trinajstić information content (AvgIpc) is 2.80. The van der Waals surface area contributed by atoms with Crippen molar-refractivity contribution in [2.45, 2.75) is 57.2 Å². The van der Waals surface area contributed by atoms with Crippen molar-refractivity contribution in [3.63, 3.8) is 0 Å². The van der Waals surface area contributed by atoms with Crippen molar-refractivity contribution in [3.05, 3.63) is 68.7 Å². The summed E-state index contributed by atoms with van der Waals surface area (Å²) in [5.74, 6) is -0.358. The molecular weight excluding hydrogens is 479 g/mol. The van der Waals surface area contributed by atoms with Crippen LogP contribution in [-0.4, -0.2) is 31.7 Å². The summed E-state index contributed by atoms with van der Waals surface area (Å²) in [6.07, 6.45) is 5.75. The number of carbonyl (C=O) groups excluding carboxylic acids is 1. The van der Waals surface area contributed by atoms with Gasteiger partial charge in [-0.25, -0.2) is 12.7 Å². The Morgan fingerprint density at radius 2 is 1.76 bits per heavy atom. The number of sulfonamides is 1. The fourth-order valence-corrected chi connectivity index (χ4v) is 6.91. The number of carbonyl (C=O) groups is 1. The van der Waals surface area contributed by atoms with E-state index >= 15 is 0 Å². The van der Waals surface area contributed by atoms with Crippen LogP contribution in [0.15, 0.2) is 36.4 Å². The summed E-state index contributed by atoms with van der Waals surface area (Å²) in [4.78, 5) is 12.9. The first-order valence-electron chi connectivity index (χ1n) is 11.6. The normalized spacial score (nSPS) is 18.5. The van der Waals surface area contributed by atoms with Crippen molar-refractivity contribution in [3.8, 4) is 0 Å². The van der Waals surface area contributed by atoms with Crippen LogP contribution >= 0.6 is 23.2 Å². The highest BCUT2D eigenvalue weighted by Crippen LogP contribution is 2.28. The first-order valence-corrected chi connectivity index (χ1v) is 13.9. The molecule has 0 saturated carbocycles. The molecule has 8 heteroatoms. The molecule has 0 aromatic heterocycles. The largest absolute Gasteiger partial charge is 0.349 e. The predicted octanol–water partition coefficient (Wildman–Crippen LogP) is 5.29. The minimum Gasteiger partial charge on any atom is -0.349 e. The molecule has 1 aliphatic heterocycles. The van der Waals surface area contributed by atoms with Crippen molar-refractivity contribution in [1.29, 1.82) is 0 Å². The Kier molecular flexibility index (Phi) is 7.69. The molecule has 1 amide bonds. The maximum atomic E-state index is 12.9. The highest BCUT2D eigenvalue weighted by atomic mass is 35.5. The molecule has 1 aliphatic carbocycles. The van der Waals surface area contributed by atoms with E-state index in [-0.39, 0.29) is 23.6 Å². The summed E-state index contributed by atoms with van der Waals surface area (Å²) < 4.78 is 27.2. The van der Waals surface area contributed by atoms with Gasteiger partial charge in [0.15, 0.2) is 0 Å². The monoisotopic (exact) mass is 508 g/mol. The van der Waals surface area contributed by atoms with Crippen molar-refractivity contribution < 1.29 is 13.2 Å². The molecule has 1 atom stereocenters. The van der Waals surface area contributed by atoms with Crippen LogP contribution in [0, 0.1) is 5.92 Å². The van der Waals surface area contributed by atoms with Gasteiger partial charge in [-0.3, -0.25) is 4.79 Å². The fraction of sp³-hybridized carbons (Fsp3) is 0.480. The maximum absolute atomic E-state index is 12.9. The van der Waals surface area contributed by atoms with Gasteiger partial charge < -0.3 is 5.32 Å². The topological polar surface area (TPSA) is 66.5 Å². The summed E-state index contributed by atoms with van der Waals surface area (Å²) in [6, 6.07) is 11.3. The zero-order valence-electron chi connectivity index (χ0n) is 18.8. The van der Waals surface area contributed by atoms with Crippen LogP contribution in [0.3, 0.4) is 0 Å². The van der Waals surface area contributed by atoms with Gasteiger partial charge >= 0.3 is 0 Å². The Bertz CT molecular complexity index is 1130. The van der Waals surface area contributed by atoms with E-state index in [0.29, 0.717) is 41.5 Å². The number of amides is 1. The van der Waals surface area contributed by atoms with Crippen LogP contribution in [0.5, 0.6) is 0 Å². The van der Waals surface area contributed by atoms with Crippen LogP contribution in [0.2, 0.25) is 10.0 Å². The predicted molar refractivity (Wildman–Crippen MR) is 133 cm³/mol. The molecule has 2 aliphatic rings. The number of nitrogens with one attached hydrogen (secondary N) is 1. The molecule has 2 aromatic rings. The number of hydrogen-bond donors (Lipinski definition) is 1. The minimum atomic E-state index is -3.52. The number of fused-ring (bicyclic) bond motifs is 1. The molecule has 5 nitrogen and oxygen atoms in total. The van der Waals surface area contributed by atoms with Crippen molar-refractivity contribution in [2.75, 3.05) is 13.1 Å². The summed E-state index contributed by atoms with van der Waals surface area (Å²) in [5.41, 5.74) is 4.49. The summed E-state index contributed by atoms with van der Waals surface area (Å²) in [7, 11) is -3.52. The smallest absolute Gasteiger partial charge is 0.223 e. The number of halogens is 2. The first-order chi connectivity index (χ1) is 15.7. The summed E-state index contributed by atoms with van der Waals surface area (Å²) in [6.45, 7) is 2.68. The van der Waals surface area contributed by atoms with Gasteiger partial charge in [0.05, 0.1) is 11.8 Å². The molecule has 1 N–H and O–H groups in total. The molecule has 2 aromatic carbocycles. The highest BCUT2D eigenvalue weighted by molar-refractivity contribution is 7.88. The lowest BCUT2D eigenvalue weighted by atomic mass is 9.89. The second kappa shape index (κ2) is 10.3. The lowest BCUT2D eigenvalue weighted by molar-refractivity contribution is -0.126. The Morgan fingerprint density at radius 1 is 1.06 bits per heavy atom. The standard InChI is InChI=1S/C25H30Cl2N2O3S/c1-17(20-7-6-18-4-2-3-5-21(18)14-20)28-25(30)19-10-12-29(13-11-19)33(31,32)16-22-8-9-23(26)15-24(22)27/h6-9,14-15,17,19H,2-5,10-13,16H2,1H3,(H,28,30)/t17-/m0/s1. The van der Waals surface area contributed by atoms with Gasteiger partial charge in [0.2, 0.25) is 15.9 Å². The fourth-order valence-electron chi connectivity index (χ4n) is 4.76. The Hall–Kier alpha value is -1.60. The summed E-state index contributed by atoms with van der Waals surface area (Å²) in [5, 5.41) is 3.96. The molecule has 178 valence electrons. The molecule has 0 spiro atoms. The molecule has 1 heterocycles. The lowest BCUT2D eigenvalue weighted by Crippen LogP contribution is -2.43. The van der Waals surface area contributed by atoms with Crippen LogP contribution in [0.25, 0.3) is 0 Å². The molecule has 4 rings (SSSR count). The van der Waals surface area contributed by atoms with Gasteiger partial charge in [0.1, 0.15) is 0 Å². The molecular formula is C25H30Cl2N2O3S. The van der Waals surface area contributed by atoms with E-state index < -0.39 is 10.0 Å². The van der Waals surface area contributed by atoms with E-state index in [9.17, 15) is 13.2 Å². The van der Waals surface area contributed by atoms with E-state index in [1.54, 1.807) is 18.2 Å². The number of aryl methyl sites for hydroxylation is 2. The van der Waals surface area contributed by atoms with Crippen molar-refractivity contribution in [1.82, 2.24) is 9.62 Å². The van der Waals surface area contributed by atoms with Gasteiger partial charge in [0, 0.05) is 29.1 Å². The van der Waals surface area contributed by atoms with Crippen molar-refractivity contribution in [2.24, 2.45) is 5.92 Å². The Labute approximate surface area is 206 Å². The number of nitrogens with zero attached hydrogens (tertiary/aromatic N) is 1. The minimum absolute atomic E-state index is 0.00184. The van der Waals surface area contributed by atoms with Crippen LogP contribution < -0.4 is 5.32 Å². The van der Waals surface area contributed by atoms with E-state index in [1.165, 1.54) is 28.3 Å². The van der Waals surface area contributed by atoms with Gasteiger partial charge in [-0.15, -0.1) is 0 Å².